The fraction of sp³-hybridized carbons (Fsp3) is 0.0400. The molecule has 34 heavy (non-hydrogen) atoms. The molecule has 0 aliphatic rings. The van der Waals surface area contributed by atoms with Crippen LogP contribution in [0.1, 0.15) is 16.1 Å². The zero-order valence-electron chi connectivity index (χ0n) is 17.5. The number of fused-ring (bicyclic) bond motifs is 1. The number of hydrogen-bond acceptors (Lipinski definition) is 7. The van der Waals surface area contributed by atoms with Crippen LogP contribution in [0.3, 0.4) is 0 Å². The number of benzene rings is 2. The molecule has 0 amide bonds. The lowest BCUT2D eigenvalue weighted by atomic mass is 10.2. The van der Waals surface area contributed by atoms with Crippen LogP contribution in [0.2, 0.25) is 5.02 Å². The van der Waals surface area contributed by atoms with Gasteiger partial charge >= 0.3 is 0 Å². The average molecular weight is 475 g/mol. The normalized spacial score (nSPS) is 10.9. The van der Waals surface area contributed by atoms with Gasteiger partial charge in [0.05, 0.1) is 16.7 Å². The van der Waals surface area contributed by atoms with E-state index in [9.17, 15) is 9.18 Å². The van der Waals surface area contributed by atoms with Crippen LogP contribution < -0.4 is 10.1 Å². The van der Waals surface area contributed by atoms with E-state index in [1.807, 2.05) is 0 Å². The Morgan fingerprint density at radius 2 is 1.97 bits per heavy atom. The Morgan fingerprint density at radius 3 is 2.76 bits per heavy atom. The molecule has 7 nitrogen and oxygen atoms in total. The van der Waals surface area contributed by atoms with E-state index in [0.717, 1.165) is 5.39 Å². The fourth-order valence-corrected chi connectivity index (χ4v) is 3.53. The minimum atomic E-state index is -0.318. The number of rotatable bonds is 7. The van der Waals surface area contributed by atoms with E-state index in [1.54, 1.807) is 60.9 Å². The highest BCUT2D eigenvalue weighted by molar-refractivity contribution is 6.32. The van der Waals surface area contributed by atoms with E-state index < -0.39 is 0 Å². The molecule has 0 radical (unpaired) electrons. The molecule has 0 saturated carbocycles. The molecule has 0 saturated heterocycles. The van der Waals surface area contributed by atoms with Gasteiger partial charge in [-0.15, -0.1) is 0 Å². The summed E-state index contributed by atoms with van der Waals surface area (Å²) in [6.07, 6.45) is 3.91. The molecule has 5 rings (SSSR count). The summed E-state index contributed by atoms with van der Waals surface area (Å²) in [6, 6.07) is 16.4. The molecular weight excluding hydrogens is 459 g/mol. The molecule has 1 N–H and O–H groups in total. The van der Waals surface area contributed by atoms with E-state index in [0.29, 0.717) is 51.2 Å². The molecule has 0 fully saturated rings. The maximum Gasteiger partial charge on any atom is 0.227 e. The van der Waals surface area contributed by atoms with Crippen molar-refractivity contribution in [1.29, 1.82) is 0 Å². The second-order valence-corrected chi connectivity index (χ2v) is 7.74. The van der Waals surface area contributed by atoms with Gasteiger partial charge in [-0.2, -0.15) is 0 Å². The summed E-state index contributed by atoms with van der Waals surface area (Å²) in [5.74, 6) is 1.25. The first kappa shape index (κ1) is 21.5. The number of furan rings is 1. The lowest BCUT2D eigenvalue weighted by Gasteiger charge is -2.11. The fourth-order valence-electron chi connectivity index (χ4n) is 3.30. The Hall–Kier alpha value is -4.30. The summed E-state index contributed by atoms with van der Waals surface area (Å²) < 4.78 is 24.4. The number of carbonyl (C=O) groups excluding carboxylic acids is 1. The second kappa shape index (κ2) is 9.29. The van der Waals surface area contributed by atoms with E-state index in [-0.39, 0.29) is 18.2 Å². The minimum Gasteiger partial charge on any atom is -0.487 e. The van der Waals surface area contributed by atoms with Crippen molar-refractivity contribution in [2.24, 2.45) is 0 Å². The number of hydrogen-bond donors (Lipinski definition) is 1. The highest BCUT2D eigenvalue weighted by atomic mass is 35.5. The van der Waals surface area contributed by atoms with Crippen LogP contribution in [-0.2, 0) is 6.61 Å². The Balaban J connectivity index is 1.29. The second-order valence-electron chi connectivity index (χ2n) is 7.33. The maximum atomic E-state index is 13.3. The van der Waals surface area contributed by atoms with Gasteiger partial charge in [-0.3, -0.25) is 9.78 Å². The summed E-state index contributed by atoms with van der Waals surface area (Å²) in [4.78, 5) is 24.0. The summed E-state index contributed by atoms with van der Waals surface area (Å²) in [7, 11) is 0. The number of aromatic nitrogens is 3. The quantitative estimate of drug-likeness (QED) is 0.280. The molecule has 3 aromatic heterocycles. The molecule has 0 atom stereocenters. The Kier molecular flexibility index (Phi) is 5.88. The van der Waals surface area contributed by atoms with Crippen LogP contribution in [0.25, 0.3) is 22.4 Å². The third-order valence-electron chi connectivity index (χ3n) is 4.93. The van der Waals surface area contributed by atoms with Gasteiger partial charge in [0, 0.05) is 17.3 Å². The van der Waals surface area contributed by atoms with Gasteiger partial charge < -0.3 is 14.5 Å². The molecule has 0 aliphatic carbocycles. The molecule has 5 aromatic rings. The SMILES string of the molecule is O=Cc1ccc(-c2cc3cnc(Nc4ccc(OCc5cccc(F)c5)c(Cl)c4)nc3cn2)o1. The highest BCUT2D eigenvalue weighted by Crippen LogP contribution is 2.30. The van der Waals surface area contributed by atoms with Crippen molar-refractivity contribution in [1.82, 2.24) is 15.0 Å². The Bertz CT molecular complexity index is 1510. The Labute approximate surface area is 198 Å². The van der Waals surface area contributed by atoms with Gasteiger partial charge in [0.2, 0.25) is 5.95 Å². The van der Waals surface area contributed by atoms with Gasteiger partial charge in [-0.25, -0.2) is 14.4 Å². The average Bonchev–Trinajstić information content (AvgIpc) is 3.33. The molecular formula is C25H16ClFN4O3. The van der Waals surface area contributed by atoms with E-state index in [2.05, 4.69) is 20.3 Å². The van der Waals surface area contributed by atoms with Crippen LogP contribution in [0, 0.1) is 5.82 Å². The number of nitrogens with zero attached hydrogens (tertiary/aromatic N) is 3. The zero-order chi connectivity index (χ0) is 23.5. The molecule has 0 aliphatic heterocycles. The minimum absolute atomic E-state index is 0.196. The molecule has 3 heterocycles. The first-order valence-corrected chi connectivity index (χ1v) is 10.6. The first-order valence-electron chi connectivity index (χ1n) is 10.2. The van der Waals surface area contributed by atoms with Crippen molar-refractivity contribution < 1.29 is 18.3 Å². The van der Waals surface area contributed by atoms with Crippen LogP contribution >= 0.6 is 11.6 Å². The molecule has 0 spiro atoms. The molecule has 2 aromatic carbocycles. The van der Waals surface area contributed by atoms with Crippen LogP contribution in [0.5, 0.6) is 5.75 Å². The predicted molar refractivity (Wildman–Crippen MR) is 126 cm³/mol. The molecule has 0 bridgehead atoms. The number of anilines is 2. The van der Waals surface area contributed by atoms with Gasteiger partial charge in [0.15, 0.2) is 17.8 Å². The van der Waals surface area contributed by atoms with Gasteiger partial charge in [-0.1, -0.05) is 23.7 Å². The number of carbonyl (C=O) groups is 1. The number of ether oxygens (including phenoxy) is 1. The molecule has 0 unspecified atom stereocenters. The molecule has 168 valence electrons. The van der Waals surface area contributed by atoms with Crippen molar-refractivity contribution in [2.75, 3.05) is 5.32 Å². The van der Waals surface area contributed by atoms with Crippen molar-refractivity contribution in [2.45, 2.75) is 6.61 Å². The monoisotopic (exact) mass is 474 g/mol. The van der Waals surface area contributed by atoms with Crippen LogP contribution in [0.4, 0.5) is 16.0 Å². The topological polar surface area (TPSA) is 90.1 Å². The van der Waals surface area contributed by atoms with Crippen molar-refractivity contribution in [3.05, 3.63) is 95.2 Å². The maximum absolute atomic E-state index is 13.3. The van der Waals surface area contributed by atoms with Crippen molar-refractivity contribution in [3.8, 4) is 17.2 Å². The molecule has 9 heteroatoms. The zero-order valence-corrected chi connectivity index (χ0v) is 18.3. The lowest BCUT2D eigenvalue weighted by molar-refractivity contribution is 0.110. The largest absolute Gasteiger partial charge is 0.487 e. The predicted octanol–water partition coefficient (Wildman–Crippen LogP) is 6.21. The van der Waals surface area contributed by atoms with Gasteiger partial charge in [0.25, 0.3) is 0 Å². The third kappa shape index (κ3) is 4.72. The van der Waals surface area contributed by atoms with Crippen molar-refractivity contribution >= 4 is 40.4 Å². The smallest absolute Gasteiger partial charge is 0.227 e. The number of aldehydes is 1. The van der Waals surface area contributed by atoms with Crippen molar-refractivity contribution in [3.63, 3.8) is 0 Å². The Morgan fingerprint density at radius 1 is 1.06 bits per heavy atom. The first-order chi connectivity index (χ1) is 16.6. The summed E-state index contributed by atoms with van der Waals surface area (Å²) >= 11 is 6.36. The van der Waals surface area contributed by atoms with E-state index >= 15 is 0 Å². The number of halogens is 2. The summed E-state index contributed by atoms with van der Waals surface area (Å²) in [5.41, 5.74) is 2.58. The standard InChI is InChI=1S/C25H16ClFN4O3/c26-20-10-18(4-6-23(20)33-14-15-2-1-3-17(27)8-15)30-25-29-11-16-9-21(28-12-22(16)31-25)24-7-5-19(13-32)34-24/h1-13H,14H2,(H,29,30,31). The highest BCUT2D eigenvalue weighted by Gasteiger charge is 2.10. The van der Waals surface area contributed by atoms with Gasteiger partial charge in [-0.05, 0) is 54.1 Å². The van der Waals surface area contributed by atoms with Crippen LogP contribution in [-0.4, -0.2) is 21.2 Å². The van der Waals surface area contributed by atoms with Crippen LogP contribution in [0.15, 0.2) is 77.5 Å². The van der Waals surface area contributed by atoms with E-state index in [1.165, 1.54) is 12.1 Å². The number of nitrogens with one attached hydrogen (secondary N) is 1. The third-order valence-corrected chi connectivity index (χ3v) is 5.23. The number of pyridine rings is 1. The summed E-state index contributed by atoms with van der Waals surface area (Å²) in [6.45, 7) is 0.196. The lowest BCUT2D eigenvalue weighted by Crippen LogP contribution is -1.99. The van der Waals surface area contributed by atoms with E-state index in [4.69, 9.17) is 20.8 Å². The van der Waals surface area contributed by atoms with Gasteiger partial charge in [0.1, 0.15) is 23.9 Å². The summed E-state index contributed by atoms with van der Waals surface area (Å²) in [5, 5.41) is 4.26.